The zero-order valence-electron chi connectivity index (χ0n) is 16.3. The molecule has 0 atom stereocenters. The molecule has 0 amide bonds. The second kappa shape index (κ2) is 7.97. The second-order valence-electron chi connectivity index (χ2n) is 7.63. The maximum absolute atomic E-state index is 12.9. The van der Waals surface area contributed by atoms with E-state index in [0.717, 1.165) is 5.56 Å². The molecule has 7 heteroatoms. The first kappa shape index (κ1) is 21.0. The van der Waals surface area contributed by atoms with Crippen molar-refractivity contribution in [2.75, 3.05) is 4.72 Å². The van der Waals surface area contributed by atoms with Gasteiger partial charge in [0.15, 0.2) is 5.78 Å². The number of nitrogens with one attached hydrogen (secondary N) is 1. The summed E-state index contributed by atoms with van der Waals surface area (Å²) in [7, 11) is -3.88. The van der Waals surface area contributed by atoms with Crippen LogP contribution in [0.3, 0.4) is 0 Å². The van der Waals surface area contributed by atoms with Crippen molar-refractivity contribution in [3.05, 3.63) is 88.7 Å². The van der Waals surface area contributed by atoms with Gasteiger partial charge in [0.05, 0.1) is 10.6 Å². The molecule has 150 valence electrons. The number of hydrogen-bond acceptors (Lipinski definition) is 4. The van der Waals surface area contributed by atoms with Gasteiger partial charge in [0.2, 0.25) is 0 Å². The van der Waals surface area contributed by atoms with Gasteiger partial charge < -0.3 is 0 Å². The first-order valence-corrected chi connectivity index (χ1v) is 10.8. The smallest absolute Gasteiger partial charge is 0.261 e. The minimum atomic E-state index is -3.88. The van der Waals surface area contributed by atoms with Crippen molar-refractivity contribution in [3.8, 4) is 0 Å². The van der Waals surface area contributed by atoms with Gasteiger partial charge in [0, 0.05) is 28.5 Å². The van der Waals surface area contributed by atoms with Crippen LogP contribution >= 0.6 is 11.6 Å². The number of carbonyl (C=O) groups is 1. The molecule has 2 aromatic carbocycles. The Morgan fingerprint density at radius 1 is 0.966 bits per heavy atom. The van der Waals surface area contributed by atoms with Crippen LogP contribution < -0.4 is 4.72 Å². The van der Waals surface area contributed by atoms with Gasteiger partial charge in [-0.25, -0.2) is 8.42 Å². The van der Waals surface area contributed by atoms with Gasteiger partial charge in [0.25, 0.3) is 10.0 Å². The Morgan fingerprint density at radius 3 is 2.17 bits per heavy atom. The quantitative estimate of drug-likeness (QED) is 0.576. The summed E-state index contributed by atoms with van der Waals surface area (Å²) >= 11 is 6.05. The molecule has 0 aliphatic carbocycles. The van der Waals surface area contributed by atoms with Crippen molar-refractivity contribution in [1.82, 2.24) is 4.98 Å². The molecule has 1 aromatic heterocycles. The lowest BCUT2D eigenvalue weighted by atomic mass is 9.87. The summed E-state index contributed by atoms with van der Waals surface area (Å²) in [5.41, 5.74) is 1.65. The Bertz CT molecular complexity index is 1140. The summed E-state index contributed by atoms with van der Waals surface area (Å²) in [6, 6.07) is 14.3. The lowest BCUT2D eigenvalue weighted by Gasteiger charge is -2.19. The molecule has 1 heterocycles. The lowest BCUT2D eigenvalue weighted by Crippen LogP contribution is -2.17. The lowest BCUT2D eigenvalue weighted by molar-refractivity contribution is 0.103. The highest BCUT2D eigenvalue weighted by Gasteiger charge is 2.21. The molecular formula is C22H21ClN2O3S. The number of aromatic nitrogens is 1. The van der Waals surface area contributed by atoms with E-state index >= 15 is 0 Å². The van der Waals surface area contributed by atoms with Gasteiger partial charge in [-0.05, 0) is 53.4 Å². The summed E-state index contributed by atoms with van der Waals surface area (Å²) in [6.07, 6.45) is 3.00. The Labute approximate surface area is 175 Å². The third-order valence-electron chi connectivity index (χ3n) is 4.44. The SMILES string of the molecule is CC(C)(C)c1ccc(S(=O)(=O)Nc2ccc(Cl)cc2C(=O)c2ccncc2)cc1. The zero-order valence-corrected chi connectivity index (χ0v) is 17.9. The van der Waals surface area contributed by atoms with E-state index in [0.29, 0.717) is 10.6 Å². The van der Waals surface area contributed by atoms with Crippen molar-refractivity contribution in [3.63, 3.8) is 0 Å². The normalized spacial score (nSPS) is 11.9. The van der Waals surface area contributed by atoms with Crippen molar-refractivity contribution in [1.29, 1.82) is 0 Å². The van der Waals surface area contributed by atoms with E-state index in [9.17, 15) is 13.2 Å². The minimum absolute atomic E-state index is 0.0873. The summed E-state index contributed by atoms with van der Waals surface area (Å²) < 4.78 is 28.3. The van der Waals surface area contributed by atoms with E-state index in [1.54, 1.807) is 36.4 Å². The fourth-order valence-corrected chi connectivity index (χ4v) is 4.04. The molecule has 0 radical (unpaired) electrons. The molecule has 0 fully saturated rings. The molecule has 0 spiro atoms. The van der Waals surface area contributed by atoms with Crippen LogP contribution in [0.1, 0.15) is 42.3 Å². The van der Waals surface area contributed by atoms with Crippen LogP contribution in [0.5, 0.6) is 0 Å². The monoisotopic (exact) mass is 428 g/mol. The van der Waals surface area contributed by atoms with Crippen LogP contribution in [-0.2, 0) is 15.4 Å². The molecule has 1 N–H and O–H groups in total. The summed E-state index contributed by atoms with van der Waals surface area (Å²) in [5, 5.41) is 0.333. The fraction of sp³-hybridized carbons (Fsp3) is 0.182. The number of pyridine rings is 1. The number of benzene rings is 2. The van der Waals surface area contributed by atoms with E-state index in [2.05, 4.69) is 30.5 Å². The van der Waals surface area contributed by atoms with Crippen LogP contribution in [0.25, 0.3) is 0 Å². The maximum atomic E-state index is 12.9. The number of rotatable bonds is 5. The Morgan fingerprint density at radius 2 is 1.59 bits per heavy atom. The fourth-order valence-electron chi connectivity index (χ4n) is 2.79. The molecule has 0 aliphatic heterocycles. The first-order chi connectivity index (χ1) is 13.6. The van der Waals surface area contributed by atoms with Crippen LogP contribution in [0.15, 0.2) is 71.9 Å². The minimum Gasteiger partial charge on any atom is -0.289 e. The maximum Gasteiger partial charge on any atom is 0.261 e. The summed E-state index contributed by atoms with van der Waals surface area (Å²) in [5.74, 6) is -0.351. The van der Waals surface area contributed by atoms with Gasteiger partial charge in [-0.1, -0.05) is 44.5 Å². The van der Waals surface area contributed by atoms with Gasteiger partial charge in [-0.15, -0.1) is 0 Å². The van der Waals surface area contributed by atoms with Crippen LogP contribution in [-0.4, -0.2) is 19.2 Å². The molecule has 0 saturated heterocycles. The molecule has 3 rings (SSSR count). The Balaban J connectivity index is 1.96. The van der Waals surface area contributed by atoms with E-state index in [1.165, 1.54) is 30.6 Å². The number of nitrogens with zero attached hydrogens (tertiary/aromatic N) is 1. The third-order valence-corrected chi connectivity index (χ3v) is 6.06. The third kappa shape index (κ3) is 4.83. The van der Waals surface area contributed by atoms with Crippen molar-refractivity contribution in [2.45, 2.75) is 31.1 Å². The van der Waals surface area contributed by atoms with E-state index in [-0.39, 0.29) is 27.3 Å². The van der Waals surface area contributed by atoms with E-state index < -0.39 is 10.0 Å². The molecule has 0 unspecified atom stereocenters. The number of ketones is 1. The van der Waals surface area contributed by atoms with Crippen LogP contribution in [0, 0.1) is 0 Å². The van der Waals surface area contributed by atoms with Gasteiger partial charge in [-0.3, -0.25) is 14.5 Å². The highest BCUT2D eigenvalue weighted by Crippen LogP contribution is 2.27. The molecule has 5 nitrogen and oxygen atoms in total. The average Bonchev–Trinajstić information content (AvgIpc) is 2.69. The van der Waals surface area contributed by atoms with Crippen LogP contribution in [0.4, 0.5) is 5.69 Å². The highest BCUT2D eigenvalue weighted by atomic mass is 35.5. The average molecular weight is 429 g/mol. The van der Waals surface area contributed by atoms with Crippen molar-refractivity contribution >= 4 is 33.1 Å². The number of hydrogen-bond donors (Lipinski definition) is 1. The first-order valence-electron chi connectivity index (χ1n) is 8.95. The second-order valence-corrected chi connectivity index (χ2v) is 9.75. The molecule has 3 aromatic rings. The molecule has 0 saturated carbocycles. The number of carbonyl (C=O) groups excluding carboxylic acids is 1. The Hall–Kier alpha value is -2.70. The largest absolute Gasteiger partial charge is 0.289 e. The topological polar surface area (TPSA) is 76.1 Å². The van der Waals surface area contributed by atoms with Gasteiger partial charge in [0.1, 0.15) is 0 Å². The molecule has 0 aliphatic rings. The molecule has 0 bridgehead atoms. The number of anilines is 1. The van der Waals surface area contributed by atoms with Gasteiger partial charge >= 0.3 is 0 Å². The van der Waals surface area contributed by atoms with Crippen molar-refractivity contribution in [2.24, 2.45) is 0 Å². The van der Waals surface area contributed by atoms with Gasteiger partial charge in [-0.2, -0.15) is 0 Å². The van der Waals surface area contributed by atoms with E-state index in [1.807, 2.05) is 0 Å². The predicted molar refractivity (Wildman–Crippen MR) is 115 cm³/mol. The standard InChI is InChI=1S/C22H21ClN2O3S/c1-22(2,3)16-4-7-18(8-5-16)29(27,28)25-20-9-6-17(23)14-19(20)21(26)15-10-12-24-13-11-15/h4-14,25H,1-3H3. The Kier molecular flexibility index (Phi) is 5.78. The van der Waals surface area contributed by atoms with Crippen molar-refractivity contribution < 1.29 is 13.2 Å². The molecular weight excluding hydrogens is 408 g/mol. The number of sulfonamides is 1. The summed E-state index contributed by atoms with van der Waals surface area (Å²) in [6.45, 7) is 6.17. The predicted octanol–water partition coefficient (Wildman–Crippen LogP) is 5.06. The van der Waals surface area contributed by atoms with E-state index in [4.69, 9.17) is 11.6 Å². The highest BCUT2D eigenvalue weighted by molar-refractivity contribution is 7.92. The number of halogens is 1. The van der Waals surface area contributed by atoms with Crippen LogP contribution in [0.2, 0.25) is 5.02 Å². The zero-order chi connectivity index (χ0) is 21.2. The summed E-state index contributed by atoms with van der Waals surface area (Å²) in [4.78, 5) is 16.9. The molecule has 29 heavy (non-hydrogen) atoms.